The summed E-state index contributed by atoms with van der Waals surface area (Å²) < 4.78 is 10.8. The van der Waals surface area contributed by atoms with Crippen molar-refractivity contribution in [2.75, 3.05) is 25.6 Å². The van der Waals surface area contributed by atoms with Crippen molar-refractivity contribution in [1.82, 2.24) is 9.88 Å². The summed E-state index contributed by atoms with van der Waals surface area (Å²) in [4.78, 5) is 20.5. The van der Waals surface area contributed by atoms with Gasteiger partial charge in [0.25, 0.3) is 0 Å². The third-order valence-corrected chi connectivity index (χ3v) is 6.58. The van der Waals surface area contributed by atoms with Gasteiger partial charge in [-0.2, -0.15) is 0 Å². The van der Waals surface area contributed by atoms with Crippen LogP contribution in [0.3, 0.4) is 0 Å². The lowest BCUT2D eigenvalue weighted by Gasteiger charge is -2.35. The predicted molar refractivity (Wildman–Crippen MR) is 98.8 cm³/mol. The summed E-state index contributed by atoms with van der Waals surface area (Å²) >= 11 is 1.52. The second kappa shape index (κ2) is 5.96. The van der Waals surface area contributed by atoms with Crippen LogP contribution in [0.15, 0.2) is 18.2 Å². The molecule has 1 aromatic carbocycles. The summed E-state index contributed by atoms with van der Waals surface area (Å²) in [6.07, 6.45) is 3.07. The van der Waals surface area contributed by atoms with Crippen LogP contribution in [0.5, 0.6) is 5.75 Å². The molecule has 0 saturated heterocycles. The Labute approximate surface area is 156 Å². The number of benzene rings is 1. The molecule has 0 bridgehead atoms. The second-order valence-corrected chi connectivity index (χ2v) is 8.36. The molecule has 2 amide bonds. The number of methoxy groups -OCH3 is 1. The molecule has 3 heterocycles. The molecule has 2 aromatic rings. The first-order chi connectivity index (χ1) is 12.7. The minimum Gasteiger partial charge on any atom is -0.497 e. The maximum Gasteiger partial charge on any atom is 0.323 e. The average molecular weight is 371 g/mol. The highest BCUT2D eigenvalue weighted by Crippen LogP contribution is 2.53. The van der Waals surface area contributed by atoms with E-state index in [9.17, 15) is 4.79 Å². The first-order valence-electron chi connectivity index (χ1n) is 8.96. The molecule has 0 radical (unpaired) electrons. The van der Waals surface area contributed by atoms with E-state index in [0.717, 1.165) is 42.1 Å². The molecule has 1 spiro atoms. The molecular formula is C19H21N3O3S. The Bertz CT molecular complexity index is 851. The minimum atomic E-state index is -0.0650. The summed E-state index contributed by atoms with van der Waals surface area (Å²) in [5, 5.41) is 3.68. The molecule has 0 atom stereocenters. The number of hydrogen-bond donors (Lipinski definition) is 1. The molecule has 1 aromatic heterocycles. The van der Waals surface area contributed by atoms with E-state index in [1.807, 2.05) is 11.0 Å². The van der Waals surface area contributed by atoms with Crippen molar-refractivity contribution in [3.05, 3.63) is 39.9 Å². The quantitative estimate of drug-likeness (QED) is 0.880. The van der Waals surface area contributed by atoms with Crippen LogP contribution in [0.1, 0.15) is 34.5 Å². The molecule has 136 valence electrons. The number of thiazole rings is 1. The van der Waals surface area contributed by atoms with Gasteiger partial charge in [-0.05, 0) is 36.1 Å². The van der Waals surface area contributed by atoms with Gasteiger partial charge >= 0.3 is 6.03 Å². The number of amides is 2. The summed E-state index contributed by atoms with van der Waals surface area (Å²) in [5.74, 6) is 0.892. The number of rotatable bonds is 2. The predicted octanol–water partition coefficient (Wildman–Crippen LogP) is 3.30. The maximum atomic E-state index is 12.9. The Balaban J connectivity index is 1.36. The molecule has 1 fully saturated rings. The van der Waals surface area contributed by atoms with E-state index < -0.39 is 0 Å². The smallest absolute Gasteiger partial charge is 0.323 e. The summed E-state index contributed by atoms with van der Waals surface area (Å²) in [6, 6.07) is 6.15. The molecule has 5 rings (SSSR count). The van der Waals surface area contributed by atoms with Crippen molar-refractivity contribution in [3.8, 4) is 5.75 Å². The maximum absolute atomic E-state index is 12.9. The van der Waals surface area contributed by atoms with Crippen LogP contribution in [0.4, 0.5) is 9.93 Å². The molecular weight excluding hydrogens is 350 g/mol. The highest BCUT2D eigenvalue weighted by molar-refractivity contribution is 7.15. The van der Waals surface area contributed by atoms with E-state index in [1.54, 1.807) is 7.11 Å². The number of aromatic nitrogens is 1. The molecule has 0 unspecified atom stereocenters. The van der Waals surface area contributed by atoms with Gasteiger partial charge in [0, 0.05) is 24.9 Å². The van der Waals surface area contributed by atoms with Gasteiger partial charge in [0.05, 0.1) is 30.9 Å². The Morgan fingerprint density at radius 2 is 2.31 bits per heavy atom. The third kappa shape index (κ3) is 2.66. The standard InChI is InChI=1S/C19H21N3O3S/c1-24-13-3-2-12-9-22(11-19(5-6-19)14(12)8-13)18(23)21-17-20-15-4-7-25-10-16(15)26-17/h2-3,8H,4-7,9-11H2,1H3,(H,20,21,23). The van der Waals surface area contributed by atoms with Gasteiger partial charge in [-0.25, -0.2) is 9.78 Å². The van der Waals surface area contributed by atoms with Crippen LogP contribution in [-0.4, -0.2) is 36.2 Å². The minimum absolute atomic E-state index is 0.0650. The topological polar surface area (TPSA) is 63.7 Å². The Kier molecular flexibility index (Phi) is 3.68. The summed E-state index contributed by atoms with van der Waals surface area (Å²) in [7, 11) is 1.70. The largest absolute Gasteiger partial charge is 0.497 e. The third-order valence-electron chi connectivity index (χ3n) is 5.59. The zero-order valence-corrected chi connectivity index (χ0v) is 15.5. The molecule has 7 heteroatoms. The van der Waals surface area contributed by atoms with Crippen LogP contribution in [-0.2, 0) is 29.7 Å². The molecule has 1 N–H and O–H groups in total. The van der Waals surface area contributed by atoms with E-state index in [-0.39, 0.29) is 11.4 Å². The van der Waals surface area contributed by atoms with Crippen molar-refractivity contribution in [2.24, 2.45) is 0 Å². The SMILES string of the molecule is COc1ccc2c(c1)C1(CC1)CN(C(=O)Nc1nc3c(s1)COCC3)C2. The summed E-state index contributed by atoms with van der Waals surface area (Å²) in [5.41, 5.74) is 3.74. The number of nitrogens with one attached hydrogen (secondary N) is 1. The van der Waals surface area contributed by atoms with E-state index in [0.29, 0.717) is 24.9 Å². The zero-order chi connectivity index (χ0) is 17.7. The van der Waals surface area contributed by atoms with Gasteiger partial charge in [0.15, 0.2) is 5.13 Å². The number of carbonyl (C=O) groups is 1. The van der Waals surface area contributed by atoms with Gasteiger partial charge in [0.1, 0.15) is 5.75 Å². The Morgan fingerprint density at radius 1 is 1.42 bits per heavy atom. The zero-order valence-electron chi connectivity index (χ0n) is 14.7. The van der Waals surface area contributed by atoms with Gasteiger partial charge in [-0.15, -0.1) is 0 Å². The lowest BCUT2D eigenvalue weighted by molar-refractivity contribution is 0.112. The molecule has 1 aliphatic carbocycles. The van der Waals surface area contributed by atoms with Crippen molar-refractivity contribution in [1.29, 1.82) is 0 Å². The normalized spacial score (nSPS) is 19.7. The molecule has 3 aliphatic rings. The average Bonchev–Trinajstić information content (AvgIpc) is 3.30. The highest BCUT2D eigenvalue weighted by Gasteiger charge is 2.50. The van der Waals surface area contributed by atoms with Crippen molar-refractivity contribution in [2.45, 2.75) is 37.8 Å². The number of ether oxygens (including phenoxy) is 2. The highest BCUT2D eigenvalue weighted by atomic mass is 32.1. The van der Waals surface area contributed by atoms with E-state index in [1.165, 1.54) is 22.5 Å². The van der Waals surface area contributed by atoms with Crippen LogP contribution in [0.25, 0.3) is 0 Å². The fraction of sp³-hybridized carbons (Fsp3) is 0.474. The summed E-state index contributed by atoms with van der Waals surface area (Å²) in [6.45, 7) is 2.69. The van der Waals surface area contributed by atoms with Crippen molar-refractivity contribution >= 4 is 22.5 Å². The van der Waals surface area contributed by atoms with Gasteiger partial charge in [-0.3, -0.25) is 5.32 Å². The number of fused-ring (bicyclic) bond motifs is 3. The first-order valence-corrected chi connectivity index (χ1v) is 9.78. The van der Waals surface area contributed by atoms with Crippen LogP contribution in [0, 0.1) is 0 Å². The Morgan fingerprint density at radius 3 is 3.08 bits per heavy atom. The molecule has 6 nitrogen and oxygen atoms in total. The number of hydrogen-bond acceptors (Lipinski definition) is 5. The lowest BCUT2D eigenvalue weighted by Crippen LogP contribution is -2.43. The van der Waals surface area contributed by atoms with Crippen molar-refractivity contribution < 1.29 is 14.3 Å². The molecule has 26 heavy (non-hydrogen) atoms. The molecule has 1 saturated carbocycles. The molecule has 2 aliphatic heterocycles. The van der Waals surface area contributed by atoms with Gasteiger partial charge < -0.3 is 14.4 Å². The Hall–Kier alpha value is -2.12. The second-order valence-electron chi connectivity index (χ2n) is 7.28. The van der Waals surface area contributed by atoms with Crippen LogP contribution < -0.4 is 10.1 Å². The van der Waals surface area contributed by atoms with Crippen LogP contribution >= 0.6 is 11.3 Å². The lowest BCUT2D eigenvalue weighted by atomic mass is 9.87. The monoisotopic (exact) mass is 371 g/mol. The van der Waals surface area contributed by atoms with Gasteiger partial charge in [-0.1, -0.05) is 17.4 Å². The fourth-order valence-electron chi connectivity index (χ4n) is 4.00. The van der Waals surface area contributed by atoms with Crippen molar-refractivity contribution in [3.63, 3.8) is 0 Å². The van der Waals surface area contributed by atoms with E-state index in [2.05, 4.69) is 22.4 Å². The number of nitrogens with zero attached hydrogens (tertiary/aromatic N) is 2. The number of urea groups is 1. The van der Waals surface area contributed by atoms with E-state index >= 15 is 0 Å². The van der Waals surface area contributed by atoms with E-state index in [4.69, 9.17) is 9.47 Å². The fourth-order valence-corrected chi connectivity index (χ4v) is 4.93. The van der Waals surface area contributed by atoms with Gasteiger partial charge in [0.2, 0.25) is 0 Å². The first kappa shape index (κ1) is 16.1. The number of carbonyl (C=O) groups excluding carboxylic acids is 1. The number of anilines is 1. The van der Waals surface area contributed by atoms with Crippen LogP contribution in [0.2, 0.25) is 0 Å².